The van der Waals surface area contributed by atoms with E-state index in [1.165, 1.54) is 16.8 Å². The molecule has 0 atom stereocenters. The zero-order chi connectivity index (χ0) is 12.6. The molecule has 1 heterocycles. The molecule has 1 N–H and O–H groups in total. The normalized spacial score (nSPS) is 19.1. The van der Waals surface area contributed by atoms with Crippen LogP contribution in [0.5, 0.6) is 0 Å². The Kier molecular flexibility index (Phi) is 2.86. The van der Waals surface area contributed by atoms with Gasteiger partial charge in [0.25, 0.3) is 0 Å². The van der Waals surface area contributed by atoms with Gasteiger partial charge >= 0.3 is 0 Å². The molecule has 92 valence electrons. The minimum absolute atomic E-state index is 0.0984. The van der Waals surface area contributed by atoms with Crippen LogP contribution in [-0.4, -0.2) is 24.5 Å². The van der Waals surface area contributed by atoms with Gasteiger partial charge in [0.15, 0.2) is 0 Å². The lowest BCUT2D eigenvalue weighted by molar-refractivity contribution is -0.122. The van der Waals surface area contributed by atoms with Crippen molar-refractivity contribution >= 4 is 11.6 Å². The Morgan fingerprint density at radius 1 is 1.29 bits per heavy atom. The lowest BCUT2D eigenvalue weighted by Gasteiger charge is -2.40. The van der Waals surface area contributed by atoms with E-state index >= 15 is 0 Å². The summed E-state index contributed by atoms with van der Waals surface area (Å²) in [6.07, 6.45) is 0. The molecule has 1 aliphatic rings. The van der Waals surface area contributed by atoms with Crippen LogP contribution in [0.4, 0.5) is 5.69 Å². The smallest absolute Gasteiger partial charge is 0.239 e. The number of nitrogens with zero attached hydrogens (tertiary/aromatic N) is 1. The molecular weight excluding hydrogens is 212 g/mol. The Hall–Kier alpha value is -1.51. The molecule has 0 radical (unpaired) electrons. The molecule has 1 aromatic carbocycles. The fourth-order valence-electron chi connectivity index (χ4n) is 2.49. The molecule has 1 saturated heterocycles. The van der Waals surface area contributed by atoms with Gasteiger partial charge in [0.1, 0.15) is 0 Å². The zero-order valence-electron chi connectivity index (χ0n) is 11.0. The second-order valence-corrected chi connectivity index (χ2v) is 5.58. The van der Waals surface area contributed by atoms with Gasteiger partial charge in [0.05, 0.1) is 12.1 Å². The fraction of sp³-hybridized carbons (Fsp3) is 0.500. The van der Waals surface area contributed by atoms with Crippen LogP contribution < -0.4 is 10.2 Å². The van der Waals surface area contributed by atoms with Gasteiger partial charge in [0.2, 0.25) is 5.91 Å². The van der Waals surface area contributed by atoms with Gasteiger partial charge in [-0.05, 0) is 39.3 Å². The summed E-state index contributed by atoms with van der Waals surface area (Å²) < 4.78 is 0. The van der Waals surface area contributed by atoms with E-state index in [4.69, 9.17) is 0 Å². The number of anilines is 1. The molecule has 1 aromatic rings. The van der Waals surface area contributed by atoms with Crippen LogP contribution in [0.25, 0.3) is 0 Å². The average molecular weight is 232 g/mol. The minimum Gasteiger partial charge on any atom is -0.360 e. The van der Waals surface area contributed by atoms with Crippen molar-refractivity contribution in [1.82, 2.24) is 5.32 Å². The number of hydrogen-bond donors (Lipinski definition) is 1. The van der Waals surface area contributed by atoms with Crippen molar-refractivity contribution in [3.05, 3.63) is 29.3 Å². The van der Waals surface area contributed by atoms with Gasteiger partial charge in [0, 0.05) is 12.2 Å². The van der Waals surface area contributed by atoms with Crippen molar-refractivity contribution in [2.75, 3.05) is 18.0 Å². The van der Waals surface area contributed by atoms with Gasteiger partial charge in [-0.2, -0.15) is 0 Å². The highest BCUT2D eigenvalue weighted by Gasteiger charge is 2.30. The first-order valence-electron chi connectivity index (χ1n) is 6.01. The van der Waals surface area contributed by atoms with Crippen LogP contribution in [0.2, 0.25) is 0 Å². The highest BCUT2D eigenvalue weighted by Crippen LogP contribution is 2.24. The maximum atomic E-state index is 11.7. The summed E-state index contributed by atoms with van der Waals surface area (Å²) in [5.74, 6) is 0.0984. The van der Waals surface area contributed by atoms with Crippen molar-refractivity contribution in [1.29, 1.82) is 0 Å². The quantitative estimate of drug-likeness (QED) is 0.803. The first-order valence-corrected chi connectivity index (χ1v) is 6.01. The van der Waals surface area contributed by atoms with Crippen molar-refractivity contribution in [3.63, 3.8) is 0 Å². The Morgan fingerprint density at radius 3 is 2.59 bits per heavy atom. The Bertz CT molecular complexity index is 452. The molecule has 1 amide bonds. The SMILES string of the molecule is Cc1ccc(N2CC(=O)NC(C)(C)C2)c(C)c1. The maximum absolute atomic E-state index is 11.7. The summed E-state index contributed by atoms with van der Waals surface area (Å²) >= 11 is 0. The van der Waals surface area contributed by atoms with E-state index in [2.05, 4.69) is 56.1 Å². The molecule has 0 aliphatic carbocycles. The molecule has 0 unspecified atom stereocenters. The summed E-state index contributed by atoms with van der Waals surface area (Å²) in [6, 6.07) is 6.37. The summed E-state index contributed by atoms with van der Waals surface area (Å²) in [5.41, 5.74) is 3.49. The Labute approximate surface area is 103 Å². The number of piperazine rings is 1. The van der Waals surface area contributed by atoms with E-state index in [0.29, 0.717) is 6.54 Å². The van der Waals surface area contributed by atoms with Gasteiger partial charge in [-0.25, -0.2) is 0 Å². The standard InChI is InChI=1S/C14H20N2O/c1-10-5-6-12(11(2)7-10)16-8-13(17)15-14(3,4)9-16/h5-7H,8-9H2,1-4H3,(H,15,17). The molecule has 1 aliphatic heterocycles. The molecule has 3 heteroatoms. The van der Waals surface area contributed by atoms with Crippen molar-refractivity contribution in [2.24, 2.45) is 0 Å². The fourth-order valence-corrected chi connectivity index (χ4v) is 2.49. The van der Waals surface area contributed by atoms with E-state index < -0.39 is 0 Å². The minimum atomic E-state index is -0.160. The first kappa shape index (κ1) is 12.0. The summed E-state index contributed by atoms with van der Waals surface area (Å²) in [6.45, 7) is 9.60. The summed E-state index contributed by atoms with van der Waals surface area (Å²) in [7, 11) is 0. The van der Waals surface area contributed by atoms with Gasteiger partial charge in [-0.15, -0.1) is 0 Å². The number of nitrogens with one attached hydrogen (secondary N) is 1. The van der Waals surface area contributed by atoms with Crippen molar-refractivity contribution in [2.45, 2.75) is 33.2 Å². The molecule has 0 bridgehead atoms. The topological polar surface area (TPSA) is 32.3 Å². The third-order valence-electron chi connectivity index (χ3n) is 3.09. The molecule has 2 rings (SSSR count). The van der Waals surface area contributed by atoms with Crippen LogP contribution in [0.15, 0.2) is 18.2 Å². The largest absolute Gasteiger partial charge is 0.360 e. The van der Waals surface area contributed by atoms with E-state index in [0.717, 1.165) is 6.54 Å². The van der Waals surface area contributed by atoms with Crippen molar-refractivity contribution < 1.29 is 4.79 Å². The maximum Gasteiger partial charge on any atom is 0.239 e. The number of benzene rings is 1. The highest BCUT2D eigenvalue weighted by atomic mass is 16.2. The average Bonchev–Trinajstić information content (AvgIpc) is 2.13. The Morgan fingerprint density at radius 2 is 2.00 bits per heavy atom. The van der Waals surface area contributed by atoms with Gasteiger partial charge in [-0.3, -0.25) is 4.79 Å². The zero-order valence-corrected chi connectivity index (χ0v) is 11.0. The van der Waals surface area contributed by atoms with Crippen LogP contribution in [0.3, 0.4) is 0 Å². The number of carbonyl (C=O) groups excluding carboxylic acids is 1. The third kappa shape index (κ3) is 2.60. The predicted octanol–water partition coefficient (Wildman–Crippen LogP) is 2.02. The van der Waals surface area contributed by atoms with Gasteiger partial charge in [-0.1, -0.05) is 17.7 Å². The van der Waals surface area contributed by atoms with Crippen molar-refractivity contribution in [3.8, 4) is 0 Å². The molecule has 0 aromatic heterocycles. The predicted molar refractivity (Wildman–Crippen MR) is 70.4 cm³/mol. The van der Waals surface area contributed by atoms with E-state index in [-0.39, 0.29) is 11.4 Å². The third-order valence-corrected chi connectivity index (χ3v) is 3.09. The summed E-state index contributed by atoms with van der Waals surface area (Å²) in [5, 5.41) is 3.01. The molecule has 17 heavy (non-hydrogen) atoms. The second-order valence-electron chi connectivity index (χ2n) is 5.58. The lowest BCUT2D eigenvalue weighted by Crippen LogP contribution is -2.60. The van der Waals surface area contributed by atoms with Crippen LogP contribution in [0, 0.1) is 13.8 Å². The number of rotatable bonds is 1. The number of carbonyl (C=O) groups is 1. The van der Waals surface area contributed by atoms with E-state index in [1.807, 2.05) is 0 Å². The van der Waals surface area contributed by atoms with Gasteiger partial charge < -0.3 is 10.2 Å². The molecule has 3 nitrogen and oxygen atoms in total. The van der Waals surface area contributed by atoms with Crippen LogP contribution >= 0.6 is 0 Å². The Balaban J connectivity index is 2.30. The lowest BCUT2D eigenvalue weighted by atomic mass is 10.00. The molecule has 0 saturated carbocycles. The van der Waals surface area contributed by atoms with E-state index in [1.54, 1.807) is 0 Å². The summed E-state index contributed by atoms with van der Waals surface area (Å²) in [4.78, 5) is 13.8. The number of aryl methyl sites for hydroxylation is 2. The van der Waals surface area contributed by atoms with E-state index in [9.17, 15) is 4.79 Å². The monoisotopic (exact) mass is 232 g/mol. The van der Waals surface area contributed by atoms with Crippen LogP contribution in [0.1, 0.15) is 25.0 Å². The molecule has 0 spiro atoms. The highest BCUT2D eigenvalue weighted by molar-refractivity contribution is 5.84. The molecule has 1 fully saturated rings. The van der Waals surface area contributed by atoms with Crippen LogP contribution in [-0.2, 0) is 4.79 Å². The molecular formula is C14H20N2O. The first-order chi connectivity index (χ1) is 7.87. The number of amides is 1. The second kappa shape index (κ2) is 4.06. The number of hydrogen-bond acceptors (Lipinski definition) is 2.